The number of anilines is 1. The number of hydrogen-bond donors (Lipinski definition) is 1. The van der Waals surface area contributed by atoms with Crippen LogP contribution in [0.25, 0.3) is 0 Å². The van der Waals surface area contributed by atoms with Gasteiger partial charge in [0.1, 0.15) is 22.2 Å². The van der Waals surface area contributed by atoms with E-state index in [0.717, 1.165) is 12.1 Å². The highest BCUT2D eigenvalue weighted by atomic mass is 32.2. The van der Waals surface area contributed by atoms with Gasteiger partial charge in [0, 0.05) is 30.5 Å². The van der Waals surface area contributed by atoms with Crippen molar-refractivity contribution in [2.24, 2.45) is 0 Å². The Morgan fingerprint density at radius 3 is 2.50 bits per heavy atom. The Bertz CT molecular complexity index is 1200. The third-order valence-electron chi connectivity index (χ3n) is 4.76. The second kappa shape index (κ2) is 9.43. The maximum atomic E-state index is 14.3. The number of ether oxygens (including phenoxy) is 2. The number of benzene rings is 2. The maximum Gasteiger partial charge on any atom is 0.255 e. The van der Waals surface area contributed by atoms with E-state index >= 15 is 0 Å². The van der Waals surface area contributed by atoms with E-state index in [1.54, 1.807) is 48.8 Å². The van der Waals surface area contributed by atoms with E-state index in [-0.39, 0.29) is 32.0 Å². The Hall–Kier alpha value is -3.34. The zero-order valence-electron chi connectivity index (χ0n) is 16.9. The van der Waals surface area contributed by atoms with Crippen LogP contribution in [0.4, 0.5) is 10.1 Å². The molecule has 0 unspecified atom stereocenters. The standard InChI is InChI=1S/C22H20FN3O5S/c23-20-8-5-17(14-21(20)32(28,29)26-10-12-30-13-11-26)25-22(27)16-3-6-18(7-4-16)31-19-2-1-9-24-15-19/h1-9,14-15H,10-13H2,(H,25,27). The van der Waals surface area contributed by atoms with Crippen LogP contribution in [0.5, 0.6) is 11.5 Å². The summed E-state index contributed by atoms with van der Waals surface area (Å²) in [5.74, 6) is -0.272. The van der Waals surface area contributed by atoms with Gasteiger partial charge in [0.25, 0.3) is 5.91 Å². The van der Waals surface area contributed by atoms with E-state index in [1.807, 2.05) is 0 Å². The molecule has 166 valence electrons. The quantitative estimate of drug-likeness (QED) is 0.610. The van der Waals surface area contributed by atoms with Gasteiger partial charge in [-0.15, -0.1) is 0 Å². The van der Waals surface area contributed by atoms with Crippen molar-refractivity contribution < 1.29 is 27.1 Å². The normalized spacial score (nSPS) is 14.7. The van der Waals surface area contributed by atoms with E-state index in [2.05, 4.69) is 10.3 Å². The van der Waals surface area contributed by atoms with Crippen molar-refractivity contribution in [1.82, 2.24) is 9.29 Å². The summed E-state index contributed by atoms with van der Waals surface area (Å²) in [6.45, 7) is 0.785. The minimum atomic E-state index is -4.05. The van der Waals surface area contributed by atoms with Gasteiger partial charge < -0.3 is 14.8 Å². The average Bonchev–Trinajstić information content (AvgIpc) is 2.82. The zero-order chi connectivity index (χ0) is 22.6. The molecular weight excluding hydrogens is 437 g/mol. The molecule has 0 bridgehead atoms. The number of carbonyl (C=O) groups is 1. The summed E-state index contributed by atoms with van der Waals surface area (Å²) in [5, 5.41) is 2.61. The number of rotatable bonds is 6. The molecule has 10 heteroatoms. The van der Waals surface area contributed by atoms with Crippen LogP contribution in [0.15, 0.2) is 71.9 Å². The highest BCUT2D eigenvalue weighted by Crippen LogP contribution is 2.25. The number of morpholine rings is 1. The summed E-state index contributed by atoms with van der Waals surface area (Å²) in [4.78, 5) is 16.1. The molecule has 1 amide bonds. The Labute approximate surface area is 184 Å². The van der Waals surface area contributed by atoms with Gasteiger partial charge in [-0.05, 0) is 54.6 Å². The number of halogens is 1. The van der Waals surface area contributed by atoms with Crippen molar-refractivity contribution in [3.8, 4) is 11.5 Å². The molecule has 0 saturated carbocycles. The van der Waals surface area contributed by atoms with Gasteiger partial charge >= 0.3 is 0 Å². The molecular formula is C22H20FN3O5S. The number of aromatic nitrogens is 1. The summed E-state index contributed by atoms with van der Waals surface area (Å²) < 4.78 is 51.9. The van der Waals surface area contributed by atoms with Gasteiger partial charge in [0.2, 0.25) is 10.0 Å². The van der Waals surface area contributed by atoms with Crippen molar-refractivity contribution in [3.63, 3.8) is 0 Å². The first-order chi connectivity index (χ1) is 15.4. The summed E-state index contributed by atoms with van der Waals surface area (Å²) >= 11 is 0. The lowest BCUT2D eigenvalue weighted by Crippen LogP contribution is -2.40. The first kappa shape index (κ1) is 21.9. The lowest BCUT2D eigenvalue weighted by molar-refractivity contribution is 0.0729. The molecule has 0 spiro atoms. The van der Waals surface area contributed by atoms with Crippen molar-refractivity contribution in [2.75, 3.05) is 31.6 Å². The van der Waals surface area contributed by atoms with Crippen LogP contribution in [0, 0.1) is 5.82 Å². The molecule has 32 heavy (non-hydrogen) atoms. The van der Waals surface area contributed by atoms with Gasteiger partial charge in [0.15, 0.2) is 0 Å². The first-order valence-corrected chi connectivity index (χ1v) is 11.2. The molecule has 0 radical (unpaired) electrons. The van der Waals surface area contributed by atoms with Gasteiger partial charge in [-0.1, -0.05) is 0 Å². The van der Waals surface area contributed by atoms with Crippen molar-refractivity contribution in [3.05, 3.63) is 78.4 Å². The van der Waals surface area contributed by atoms with Gasteiger partial charge in [-0.2, -0.15) is 4.31 Å². The highest BCUT2D eigenvalue weighted by molar-refractivity contribution is 7.89. The maximum absolute atomic E-state index is 14.3. The number of carbonyl (C=O) groups excluding carboxylic acids is 1. The van der Waals surface area contributed by atoms with Crippen molar-refractivity contribution >= 4 is 21.6 Å². The Balaban J connectivity index is 1.48. The molecule has 3 aromatic rings. The predicted octanol–water partition coefficient (Wildman–Crippen LogP) is 3.29. The number of amides is 1. The smallest absolute Gasteiger partial charge is 0.255 e. The summed E-state index contributed by atoms with van der Waals surface area (Å²) in [5.41, 5.74) is 0.490. The molecule has 0 aliphatic carbocycles. The fourth-order valence-corrected chi connectivity index (χ4v) is 4.62. The predicted molar refractivity (Wildman–Crippen MR) is 115 cm³/mol. The Morgan fingerprint density at radius 2 is 1.81 bits per heavy atom. The fourth-order valence-electron chi connectivity index (χ4n) is 3.13. The van der Waals surface area contributed by atoms with Crippen molar-refractivity contribution in [1.29, 1.82) is 0 Å². The highest BCUT2D eigenvalue weighted by Gasteiger charge is 2.29. The Morgan fingerprint density at radius 1 is 1.06 bits per heavy atom. The molecule has 2 heterocycles. The largest absolute Gasteiger partial charge is 0.456 e. The number of nitrogens with one attached hydrogen (secondary N) is 1. The lowest BCUT2D eigenvalue weighted by atomic mass is 10.2. The molecule has 0 atom stereocenters. The van der Waals surface area contributed by atoms with Crippen LogP contribution in [0.1, 0.15) is 10.4 Å². The topological polar surface area (TPSA) is 97.8 Å². The van der Waals surface area contributed by atoms with E-state index in [1.165, 1.54) is 10.4 Å². The SMILES string of the molecule is O=C(Nc1ccc(F)c(S(=O)(=O)N2CCOCC2)c1)c1ccc(Oc2cccnc2)cc1. The number of hydrogen-bond acceptors (Lipinski definition) is 6. The van der Waals surface area contributed by atoms with Gasteiger partial charge in [-0.3, -0.25) is 9.78 Å². The number of pyridine rings is 1. The third kappa shape index (κ3) is 4.93. The molecule has 1 N–H and O–H groups in total. The summed E-state index contributed by atoms with van der Waals surface area (Å²) in [7, 11) is -4.05. The third-order valence-corrected chi connectivity index (χ3v) is 6.68. The molecule has 1 aliphatic heterocycles. The van der Waals surface area contributed by atoms with E-state index in [0.29, 0.717) is 17.1 Å². The van der Waals surface area contributed by atoms with Crippen LogP contribution >= 0.6 is 0 Å². The van der Waals surface area contributed by atoms with Gasteiger partial charge in [0.05, 0.1) is 19.4 Å². The summed E-state index contributed by atoms with van der Waals surface area (Å²) in [6.07, 6.45) is 3.20. The first-order valence-electron chi connectivity index (χ1n) is 9.80. The average molecular weight is 457 g/mol. The summed E-state index contributed by atoms with van der Waals surface area (Å²) in [6, 6.07) is 13.3. The minimum Gasteiger partial charge on any atom is -0.456 e. The minimum absolute atomic E-state index is 0.145. The van der Waals surface area contributed by atoms with Crippen LogP contribution in [-0.2, 0) is 14.8 Å². The molecule has 2 aromatic carbocycles. The fraction of sp³-hybridized carbons (Fsp3) is 0.182. The van der Waals surface area contributed by atoms with E-state index in [9.17, 15) is 17.6 Å². The second-order valence-electron chi connectivity index (χ2n) is 6.93. The van der Waals surface area contributed by atoms with Crippen LogP contribution in [0.2, 0.25) is 0 Å². The molecule has 8 nitrogen and oxygen atoms in total. The molecule has 1 aromatic heterocycles. The molecule has 1 aliphatic rings. The second-order valence-corrected chi connectivity index (χ2v) is 8.84. The molecule has 1 fully saturated rings. The lowest BCUT2D eigenvalue weighted by Gasteiger charge is -2.26. The van der Waals surface area contributed by atoms with Gasteiger partial charge in [-0.25, -0.2) is 12.8 Å². The van der Waals surface area contributed by atoms with E-state index in [4.69, 9.17) is 9.47 Å². The van der Waals surface area contributed by atoms with Crippen LogP contribution < -0.4 is 10.1 Å². The van der Waals surface area contributed by atoms with Crippen LogP contribution in [-0.4, -0.2) is 49.9 Å². The Kier molecular flexibility index (Phi) is 6.45. The number of sulfonamides is 1. The number of nitrogens with zero attached hydrogens (tertiary/aromatic N) is 2. The monoisotopic (exact) mass is 457 g/mol. The van der Waals surface area contributed by atoms with Crippen molar-refractivity contribution in [2.45, 2.75) is 4.90 Å². The molecule has 4 rings (SSSR count). The van der Waals surface area contributed by atoms with Crippen LogP contribution in [0.3, 0.4) is 0 Å². The zero-order valence-corrected chi connectivity index (χ0v) is 17.7. The molecule has 1 saturated heterocycles. The van der Waals surface area contributed by atoms with E-state index < -0.39 is 26.6 Å².